The molecular formula is C16H27N3O3S. The lowest BCUT2D eigenvalue weighted by atomic mass is 9.93. The first-order chi connectivity index (χ1) is 10.6. The van der Waals surface area contributed by atoms with Gasteiger partial charge in [0.1, 0.15) is 0 Å². The summed E-state index contributed by atoms with van der Waals surface area (Å²) in [5.41, 5.74) is 2.41. The molecule has 23 heavy (non-hydrogen) atoms. The molecule has 6 nitrogen and oxygen atoms in total. The average Bonchev–Trinajstić information content (AvgIpc) is 2.46. The van der Waals surface area contributed by atoms with Crippen molar-refractivity contribution in [2.45, 2.75) is 32.6 Å². The first-order valence-corrected chi connectivity index (χ1v) is 9.10. The van der Waals surface area contributed by atoms with Gasteiger partial charge in [-0.25, -0.2) is 4.72 Å². The lowest BCUT2D eigenvalue weighted by Crippen LogP contribution is -2.39. The second-order valence-electron chi connectivity index (χ2n) is 6.08. The van der Waals surface area contributed by atoms with E-state index >= 15 is 0 Å². The van der Waals surface area contributed by atoms with Gasteiger partial charge in [0.15, 0.2) is 0 Å². The van der Waals surface area contributed by atoms with Crippen LogP contribution in [0.1, 0.15) is 48.5 Å². The van der Waals surface area contributed by atoms with Crippen LogP contribution in [0.3, 0.4) is 0 Å². The Balaban J connectivity index is 3.16. The molecule has 130 valence electrons. The third-order valence-electron chi connectivity index (χ3n) is 3.73. The highest BCUT2D eigenvalue weighted by Gasteiger charge is 2.20. The van der Waals surface area contributed by atoms with Crippen LogP contribution in [0.25, 0.3) is 0 Å². The van der Waals surface area contributed by atoms with Crippen LogP contribution in [-0.4, -0.2) is 46.8 Å². The van der Waals surface area contributed by atoms with Gasteiger partial charge in [0.25, 0.3) is 5.91 Å². The second-order valence-corrected chi connectivity index (χ2v) is 7.96. The topological polar surface area (TPSA) is 69.7 Å². The van der Waals surface area contributed by atoms with Crippen LogP contribution >= 0.6 is 0 Å². The summed E-state index contributed by atoms with van der Waals surface area (Å²) in [6.45, 7) is 4.29. The Kier molecular flexibility index (Phi) is 6.58. The Morgan fingerprint density at radius 2 is 1.83 bits per heavy atom. The van der Waals surface area contributed by atoms with Gasteiger partial charge in [-0.2, -0.15) is 12.7 Å². The molecule has 0 aliphatic carbocycles. The third kappa shape index (κ3) is 4.94. The predicted octanol–water partition coefficient (Wildman–Crippen LogP) is 2.19. The van der Waals surface area contributed by atoms with Crippen LogP contribution in [0, 0.1) is 0 Å². The Morgan fingerprint density at radius 1 is 1.22 bits per heavy atom. The number of carbonyl (C=O) groups excluding carboxylic acids is 1. The molecule has 0 fully saturated rings. The molecule has 0 saturated heterocycles. The van der Waals surface area contributed by atoms with E-state index in [9.17, 15) is 13.2 Å². The number of benzene rings is 1. The fourth-order valence-electron chi connectivity index (χ4n) is 2.34. The van der Waals surface area contributed by atoms with Crippen LogP contribution in [0.15, 0.2) is 18.2 Å². The molecule has 0 bridgehead atoms. The van der Waals surface area contributed by atoms with E-state index in [4.69, 9.17) is 0 Å². The molecular weight excluding hydrogens is 314 g/mol. The predicted molar refractivity (Wildman–Crippen MR) is 94.2 cm³/mol. The zero-order valence-electron chi connectivity index (χ0n) is 14.8. The molecule has 7 heteroatoms. The number of hydrogen-bond donors (Lipinski definition) is 1. The smallest absolute Gasteiger partial charge is 0.303 e. The van der Waals surface area contributed by atoms with Crippen molar-refractivity contribution in [2.75, 3.05) is 33.1 Å². The van der Waals surface area contributed by atoms with E-state index in [1.807, 2.05) is 25.1 Å². The van der Waals surface area contributed by atoms with Crippen LogP contribution in [0.5, 0.6) is 0 Å². The van der Waals surface area contributed by atoms with Gasteiger partial charge in [0.05, 0.1) is 0 Å². The van der Waals surface area contributed by atoms with Gasteiger partial charge in [-0.15, -0.1) is 0 Å². The summed E-state index contributed by atoms with van der Waals surface area (Å²) in [4.78, 5) is 14.2. The molecule has 0 heterocycles. The van der Waals surface area contributed by atoms with Crippen molar-refractivity contribution in [2.24, 2.45) is 0 Å². The zero-order valence-corrected chi connectivity index (χ0v) is 15.6. The second kappa shape index (κ2) is 7.79. The van der Waals surface area contributed by atoms with Crippen molar-refractivity contribution in [3.8, 4) is 0 Å². The van der Waals surface area contributed by atoms with Crippen molar-refractivity contribution >= 4 is 21.8 Å². The molecule has 1 atom stereocenters. The Hall–Kier alpha value is -1.60. The molecule has 1 amide bonds. The normalized spacial score (nSPS) is 13.0. The van der Waals surface area contributed by atoms with E-state index in [0.29, 0.717) is 11.5 Å². The van der Waals surface area contributed by atoms with E-state index in [1.165, 1.54) is 14.1 Å². The molecule has 0 radical (unpaired) electrons. The molecule has 0 aliphatic rings. The van der Waals surface area contributed by atoms with Crippen LogP contribution in [-0.2, 0) is 10.2 Å². The zero-order chi connectivity index (χ0) is 17.8. The summed E-state index contributed by atoms with van der Waals surface area (Å²) in [6, 6.07) is 5.32. The average molecular weight is 341 g/mol. The first-order valence-electron chi connectivity index (χ1n) is 7.66. The van der Waals surface area contributed by atoms with Crippen molar-refractivity contribution in [3.63, 3.8) is 0 Å². The highest BCUT2D eigenvalue weighted by atomic mass is 32.2. The van der Waals surface area contributed by atoms with Crippen molar-refractivity contribution in [3.05, 3.63) is 29.3 Å². The number of rotatable bonds is 7. The number of hydrogen-bond acceptors (Lipinski definition) is 4. The number of nitrogens with one attached hydrogen (secondary N) is 1. The molecule has 0 saturated carbocycles. The number of nitrogens with zero attached hydrogens (tertiary/aromatic N) is 2. The SMILES string of the molecule is CCCC(C)c1ccc(C(=O)NS(=O)(=O)N(C)C)cc1N(C)C. The van der Waals surface area contributed by atoms with Gasteiger partial charge in [0.2, 0.25) is 0 Å². The summed E-state index contributed by atoms with van der Waals surface area (Å²) >= 11 is 0. The fraction of sp³-hybridized carbons (Fsp3) is 0.562. The van der Waals surface area contributed by atoms with Gasteiger partial charge in [-0.3, -0.25) is 4.79 Å². The van der Waals surface area contributed by atoms with E-state index in [1.54, 1.807) is 12.1 Å². The summed E-state index contributed by atoms with van der Waals surface area (Å²) in [5, 5.41) is 0. The molecule has 1 aromatic carbocycles. The van der Waals surface area contributed by atoms with Gasteiger partial charge in [-0.05, 0) is 30.0 Å². The molecule has 0 aromatic heterocycles. The summed E-state index contributed by atoms with van der Waals surface area (Å²) in [7, 11) is 2.77. The first kappa shape index (κ1) is 19.4. The van der Waals surface area contributed by atoms with Crippen LogP contribution in [0.4, 0.5) is 5.69 Å². The minimum atomic E-state index is -3.79. The lowest BCUT2D eigenvalue weighted by Gasteiger charge is -2.22. The molecule has 1 unspecified atom stereocenters. The van der Waals surface area contributed by atoms with Gasteiger partial charge in [-0.1, -0.05) is 26.3 Å². The summed E-state index contributed by atoms with van der Waals surface area (Å²) in [5.74, 6) is -0.253. The third-order valence-corrected chi connectivity index (χ3v) is 5.13. The summed E-state index contributed by atoms with van der Waals surface area (Å²) in [6.07, 6.45) is 2.14. The van der Waals surface area contributed by atoms with Gasteiger partial charge in [0, 0.05) is 39.4 Å². The van der Waals surface area contributed by atoms with Crippen molar-refractivity contribution in [1.82, 2.24) is 9.03 Å². The molecule has 1 rings (SSSR count). The number of amides is 1. The van der Waals surface area contributed by atoms with Crippen LogP contribution in [0.2, 0.25) is 0 Å². The van der Waals surface area contributed by atoms with Crippen molar-refractivity contribution < 1.29 is 13.2 Å². The number of carbonyl (C=O) groups is 1. The van der Waals surface area contributed by atoms with Crippen molar-refractivity contribution in [1.29, 1.82) is 0 Å². The monoisotopic (exact) mass is 341 g/mol. The minimum Gasteiger partial charge on any atom is -0.377 e. The largest absolute Gasteiger partial charge is 0.377 e. The Labute approximate surface area is 139 Å². The van der Waals surface area contributed by atoms with Gasteiger partial charge >= 0.3 is 10.2 Å². The number of anilines is 1. The maximum atomic E-state index is 12.2. The van der Waals surface area contributed by atoms with E-state index in [-0.39, 0.29) is 0 Å². The molecule has 0 aliphatic heterocycles. The van der Waals surface area contributed by atoms with E-state index in [2.05, 4.69) is 18.6 Å². The maximum absolute atomic E-state index is 12.2. The van der Waals surface area contributed by atoms with Crippen LogP contribution < -0.4 is 9.62 Å². The molecule has 1 N–H and O–H groups in total. The maximum Gasteiger partial charge on any atom is 0.303 e. The lowest BCUT2D eigenvalue weighted by molar-refractivity contribution is 0.0979. The Bertz CT molecular complexity index is 655. The molecule has 0 spiro atoms. The quantitative estimate of drug-likeness (QED) is 0.825. The highest BCUT2D eigenvalue weighted by Crippen LogP contribution is 2.30. The van der Waals surface area contributed by atoms with E-state index < -0.39 is 16.1 Å². The highest BCUT2D eigenvalue weighted by molar-refractivity contribution is 7.87. The summed E-state index contributed by atoms with van der Waals surface area (Å²) < 4.78 is 26.6. The van der Waals surface area contributed by atoms with E-state index in [0.717, 1.165) is 28.4 Å². The standard InChI is InChI=1S/C16H27N3O3S/c1-7-8-12(2)14-10-9-13(11-15(14)18(3)4)16(20)17-23(21,22)19(5)6/h9-12H,7-8H2,1-6H3,(H,17,20). The van der Waals surface area contributed by atoms with Gasteiger partial charge < -0.3 is 4.90 Å². The molecule has 1 aromatic rings. The Morgan fingerprint density at radius 3 is 2.30 bits per heavy atom. The fourth-order valence-corrected chi connectivity index (χ4v) is 2.88. The minimum absolute atomic E-state index is 0.326.